The first-order valence-corrected chi connectivity index (χ1v) is 7.99. The van der Waals surface area contributed by atoms with Crippen LogP contribution >= 0.6 is 0 Å². The first-order valence-electron chi connectivity index (χ1n) is 7.99. The molecule has 3 saturated heterocycles. The number of nitrogens with zero attached hydrogens (tertiary/aromatic N) is 2. The van der Waals surface area contributed by atoms with E-state index in [-0.39, 0.29) is 0 Å². The van der Waals surface area contributed by atoms with E-state index in [2.05, 4.69) is 34.5 Å². The summed E-state index contributed by atoms with van der Waals surface area (Å²) in [6.45, 7) is 8.78. The van der Waals surface area contributed by atoms with Crippen molar-refractivity contribution in [1.82, 2.24) is 20.4 Å². The van der Waals surface area contributed by atoms with E-state index in [0.29, 0.717) is 5.41 Å². The highest BCUT2D eigenvalue weighted by Gasteiger charge is 2.43. The van der Waals surface area contributed by atoms with Crippen LogP contribution in [0, 0.1) is 11.3 Å². The molecular weight excluding hydrogens is 236 g/mol. The van der Waals surface area contributed by atoms with Gasteiger partial charge < -0.3 is 15.5 Å². The van der Waals surface area contributed by atoms with Crippen LogP contribution < -0.4 is 10.6 Å². The molecular formula is C15H30N4. The van der Waals surface area contributed by atoms with Gasteiger partial charge in [0.2, 0.25) is 0 Å². The molecule has 19 heavy (non-hydrogen) atoms. The molecule has 3 unspecified atom stereocenters. The third kappa shape index (κ3) is 2.97. The third-order valence-corrected chi connectivity index (χ3v) is 5.46. The lowest BCUT2D eigenvalue weighted by Crippen LogP contribution is -2.53. The molecule has 2 N–H and O–H groups in total. The molecule has 0 aliphatic carbocycles. The van der Waals surface area contributed by atoms with E-state index >= 15 is 0 Å². The molecule has 0 aromatic carbocycles. The molecule has 3 atom stereocenters. The number of likely N-dealkylation sites (tertiary alicyclic amines) is 1. The van der Waals surface area contributed by atoms with E-state index in [1.165, 1.54) is 65.1 Å². The van der Waals surface area contributed by atoms with Gasteiger partial charge in [-0.1, -0.05) is 0 Å². The minimum atomic E-state index is 0.611. The molecule has 3 rings (SSSR count). The van der Waals surface area contributed by atoms with Gasteiger partial charge in [-0.2, -0.15) is 0 Å². The highest BCUT2D eigenvalue weighted by atomic mass is 15.2. The summed E-state index contributed by atoms with van der Waals surface area (Å²) in [6, 6.07) is 0.760. The zero-order chi connectivity index (χ0) is 13.3. The molecule has 1 spiro atoms. The fourth-order valence-electron chi connectivity index (χ4n) is 4.40. The van der Waals surface area contributed by atoms with Gasteiger partial charge in [-0.25, -0.2) is 0 Å². The van der Waals surface area contributed by atoms with Crippen LogP contribution in [0.15, 0.2) is 0 Å². The second-order valence-corrected chi connectivity index (χ2v) is 7.23. The minimum Gasteiger partial charge on any atom is -0.316 e. The Morgan fingerprint density at radius 1 is 1.21 bits per heavy atom. The number of hydrogen-bond acceptors (Lipinski definition) is 4. The molecule has 3 aliphatic heterocycles. The van der Waals surface area contributed by atoms with Crippen molar-refractivity contribution in [3.8, 4) is 0 Å². The Morgan fingerprint density at radius 3 is 2.84 bits per heavy atom. The van der Waals surface area contributed by atoms with E-state index < -0.39 is 0 Å². The summed E-state index contributed by atoms with van der Waals surface area (Å²) in [7, 11) is 4.43. The molecule has 0 radical (unpaired) electrons. The van der Waals surface area contributed by atoms with Crippen molar-refractivity contribution < 1.29 is 0 Å². The highest BCUT2D eigenvalue weighted by molar-refractivity contribution is 4.99. The Balaban J connectivity index is 1.63. The van der Waals surface area contributed by atoms with Gasteiger partial charge in [0.1, 0.15) is 0 Å². The average Bonchev–Trinajstić information content (AvgIpc) is 3.01. The van der Waals surface area contributed by atoms with Gasteiger partial charge in [0.05, 0.1) is 0 Å². The van der Waals surface area contributed by atoms with Crippen molar-refractivity contribution in [3.63, 3.8) is 0 Å². The molecule has 0 aromatic rings. The monoisotopic (exact) mass is 266 g/mol. The maximum absolute atomic E-state index is 3.62. The molecule has 3 aliphatic rings. The molecule has 3 fully saturated rings. The van der Waals surface area contributed by atoms with Crippen molar-refractivity contribution >= 4 is 0 Å². The summed E-state index contributed by atoms with van der Waals surface area (Å²) < 4.78 is 0. The quantitative estimate of drug-likeness (QED) is 0.765. The predicted molar refractivity (Wildman–Crippen MR) is 79.4 cm³/mol. The second kappa shape index (κ2) is 5.68. The maximum Gasteiger partial charge on any atom is 0.0261 e. The number of hydrogen-bond donors (Lipinski definition) is 2. The number of rotatable bonds is 3. The molecule has 4 heteroatoms. The lowest BCUT2D eigenvalue weighted by Gasteiger charge is -2.40. The van der Waals surface area contributed by atoms with Crippen molar-refractivity contribution in [1.29, 1.82) is 0 Å². The van der Waals surface area contributed by atoms with E-state index in [0.717, 1.165) is 12.0 Å². The third-order valence-electron chi connectivity index (χ3n) is 5.46. The fraction of sp³-hybridized carbons (Fsp3) is 1.00. The van der Waals surface area contributed by atoms with Crippen molar-refractivity contribution in [2.45, 2.75) is 25.3 Å². The van der Waals surface area contributed by atoms with Crippen molar-refractivity contribution in [3.05, 3.63) is 0 Å². The molecule has 4 nitrogen and oxygen atoms in total. The summed E-state index contributed by atoms with van der Waals surface area (Å²) in [5, 5.41) is 7.19. The van der Waals surface area contributed by atoms with Crippen LogP contribution in [0.5, 0.6) is 0 Å². The largest absolute Gasteiger partial charge is 0.316 e. The Morgan fingerprint density at radius 2 is 2.11 bits per heavy atom. The maximum atomic E-state index is 3.62. The van der Waals surface area contributed by atoms with E-state index in [1.807, 2.05) is 0 Å². The molecule has 0 aromatic heterocycles. The van der Waals surface area contributed by atoms with Gasteiger partial charge in [0.25, 0.3) is 0 Å². The zero-order valence-corrected chi connectivity index (χ0v) is 12.6. The Hall–Kier alpha value is -0.160. The average molecular weight is 266 g/mol. The number of nitrogens with one attached hydrogen (secondary N) is 2. The predicted octanol–water partition coefficient (Wildman–Crippen LogP) is 0.212. The summed E-state index contributed by atoms with van der Waals surface area (Å²) in [5.41, 5.74) is 0.611. The lowest BCUT2D eigenvalue weighted by molar-refractivity contribution is 0.108. The molecule has 110 valence electrons. The molecule has 0 amide bonds. The SMILES string of the molecule is CN(C)CC1CCNCC1N1CCC2(CCNC2)C1. The molecule has 3 heterocycles. The first-order chi connectivity index (χ1) is 9.19. The summed E-state index contributed by atoms with van der Waals surface area (Å²) in [5.74, 6) is 0.848. The van der Waals surface area contributed by atoms with Crippen LogP contribution in [-0.2, 0) is 0 Å². The standard InChI is InChI=1S/C15H30N4/c1-18(2)10-13-3-6-16-9-14(13)19-8-5-15(12-19)4-7-17-11-15/h13-14,16-17H,3-12H2,1-2H3. The Kier molecular flexibility index (Phi) is 4.13. The van der Waals surface area contributed by atoms with Gasteiger partial charge in [-0.15, -0.1) is 0 Å². The Labute approximate surface area is 117 Å². The normalized spacial score (nSPS) is 40.6. The lowest BCUT2D eigenvalue weighted by atomic mass is 9.86. The second-order valence-electron chi connectivity index (χ2n) is 7.23. The highest BCUT2D eigenvalue weighted by Crippen LogP contribution is 2.38. The zero-order valence-electron chi connectivity index (χ0n) is 12.6. The van der Waals surface area contributed by atoms with Gasteiger partial charge >= 0.3 is 0 Å². The number of piperidine rings is 1. The smallest absolute Gasteiger partial charge is 0.0261 e. The van der Waals surface area contributed by atoms with Gasteiger partial charge in [0.15, 0.2) is 0 Å². The molecule has 0 bridgehead atoms. The van der Waals surface area contributed by atoms with Crippen LogP contribution in [0.1, 0.15) is 19.3 Å². The van der Waals surface area contributed by atoms with Gasteiger partial charge in [-0.05, 0) is 64.3 Å². The van der Waals surface area contributed by atoms with E-state index in [9.17, 15) is 0 Å². The Bertz CT molecular complexity index is 299. The van der Waals surface area contributed by atoms with Crippen LogP contribution in [0.25, 0.3) is 0 Å². The summed E-state index contributed by atoms with van der Waals surface area (Å²) in [6.07, 6.45) is 4.14. The van der Waals surface area contributed by atoms with Crippen LogP contribution in [0.2, 0.25) is 0 Å². The topological polar surface area (TPSA) is 30.5 Å². The van der Waals surface area contributed by atoms with Crippen LogP contribution in [0.3, 0.4) is 0 Å². The van der Waals surface area contributed by atoms with E-state index in [1.54, 1.807) is 0 Å². The minimum absolute atomic E-state index is 0.611. The van der Waals surface area contributed by atoms with Gasteiger partial charge in [-0.3, -0.25) is 4.90 Å². The van der Waals surface area contributed by atoms with Crippen LogP contribution in [0.4, 0.5) is 0 Å². The van der Waals surface area contributed by atoms with E-state index in [4.69, 9.17) is 0 Å². The van der Waals surface area contributed by atoms with Crippen molar-refractivity contribution in [2.24, 2.45) is 11.3 Å². The fourth-order valence-corrected chi connectivity index (χ4v) is 4.40. The summed E-state index contributed by atoms with van der Waals surface area (Å²) >= 11 is 0. The first kappa shape index (κ1) is 13.8. The van der Waals surface area contributed by atoms with Gasteiger partial charge in [0, 0.05) is 32.2 Å². The van der Waals surface area contributed by atoms with Crippen molar-refractivity contribution in [2.75, 3.05) is 59.9 Å². The van der Waals surface area contributed by atoms with Crippen LogP contribution in [-0.4, -0.2) is 75.8 Å². The molecule has 0 saturated carbocycles. The summed E-state index contributed by atoms with van der Waals surface area (Å²) in [4.78, 5) is 5.17.